The summed E-state index contributed by atoms with van der Waals surface area (Å²) in [6.07, 6.45) is 5.82. The summed E-state index contributed by atoms with van der Waals surface area (Å²) in [5.41, 5.74) is 2.95. The molecule has 0 bridgehead atoms. The van der Waals surface area contributed by atoms with Crippen LogP contribution in [0.1, 0.15) is 19.9 Å². The van der Waals surface area contributed by atoms with Gasteiger partial charge in [0, 0.05) is 42.6 Å². The van der Waals surface area contributed by atoms with Crippen LogP contribution in [0.2, 0.25) is 0 Å². The number of aromatic amines is 1. The Morgan fingerprint density at radius 2 is 2.04 bits per heavy atom. The van der Waals surface area contributed by atoms with E-state index in [2.05, 4.69) is 31.2 Å². The highest BCUT2D eigenvalue weighted by molar-refractivity contribution is 5.94. The summed E-state index contributed by atoms with van der Waals surface area (Å²) in [5, 5.41) is 13.0. The monoisotopic (exact) mass is 374 g/mol. The number of nitrogens with zero attached hydrogens (tertiary/aromatic N) is 5. The molecule has 1 saturated heterocycles. The van der Waals surface area contributed by atoms with E-state index < -0.39 is 0 Å². The number of anilines is 1. The summed E-state index contributed by atoms with van der Waals surface area (Å²) in [6, 6.07) is 12.5. The van der Waals surface area contributed by atoms with Gasteiger partial charge in [0.2, 0.25) is 0 Å². The number of hydrogen-bond donors (Lipinski definition) is 1. The molecule has 0 amide bonds. The van der Waals surface area contributed by atoms with E-state index in [0.29, 0.717) is 6.04 Å². The zero-order chi connectivity index (χ0) is 19.1. The van der Waals surface area contributed by atoms with Gasteiger partial charge in [-0.25, -0.2) is 4.98 Å². The largest absolute Gasteiger partial charge is 0.491 e. The Morgan fingerprint density at radius 1 is 1.14 bits per heavy atom. The number of pyridine rings is 1. The van der Waals surface area contributed by atoms with Gasteiger partial charge in [-0.1, -0.05) is 0 Å². The number of aromatic nitrogens is 5. The summed E-state index contributed by atoms with van der Waals surface area (Å²) >= 11 is 0. The van der Waals surface area contributed by atoms with Gasteiger partial charge in [-0.15, -0.1) is 0 Å². The number of hydrogen-bond acceptors (Lipinski definition) is 5. The van der Waals surface area contributed by atoms with Crippen molar-refractivity contribution in [3.05, 3.63) is 55.0 Å². The van der Waals surface area contributed by atoms with E-state index in [0.717, 1.165) is 46.8 Å². The van der Waals surface area contributed by atoms with Crippen molar-refractivity contribution < 1.29 is 4.74 Å². The first-order valence-electron chi connectivity index (χ1n) is 9.52. The van der Waals surface area contributed by atoms with Crippen LogP contribution in [-0.4, -0.2) is 44.2 Å². The fraction of sp³-hybridized carbons (Fsp3) is 0.286. The molecule has 142 valence electrons. The molecule has 7 nitrogen and oxygen atoms in total. The highest BCUT2D eigenvalue weighted by atomic mass is 16.5. The summed E-state index contributed by atoms with van der Waals surface area (Å²) < 4.78 is 7.86. The second-order valence-electron chi connectivity index (χ2n) is 7.39. The quantitative estimate of drug-likeness (QED) is 0.577. The smallest absolute Gasteiger partial charge is 0.129 e. The number of rotatable bonds is 5. The van der Waals surface area contributed by atoms with Gasteiger partial charge in [-0.2, -0.15) is 10.2 Å². The third kappa shape index (κ3) is 2.98. The molecule has 1 aromatic carbocycles. The van der Waals surface area contributed by atoms with Crippen LogP contribution in [0, 0.1) is 0 Å². The molecule has 0 unspecified atom stereocenters. The van der Waals surface area contributed by atoms with Gasteiger partial charge in [-0.3, -0.25) is 9.78 Å². The van der Waals surface area contributed by atoms with Crippen LogP contribution >= 0.6 is 0 Å². The molecule has 0 spiro atoms. The molecular formula is C21H22N6O. The molecule has 1 aliphatic heterocycles. The van der Waals surface area contributed by atoms with E-state index in [1.54, 1.807) is 0 Å². The average Bonchev–Trinajstić information content (AvgIpc) is 3.30. The van der Waals surface area contributed by atoms with Crippen molar-refractivity contribution in [1.82, 2.24) is 25.0 Å². The topological polar surface area (TPSA) is 71.9 Å². The molecule has 0 aliphatic carbocycles. The third-order valence-electron chi connectivity index (χ3n) is 5.01. The van der Waals surface area contributed by atoms with Gasteiger partial charge in [-0.05, 0) is 50.2 Å². The SMILES string of the molecule is CC(C)Oc1ccc2[nH]nc(-c3ccnc(N4CC(n5cccn5)C4)c3)c2c1. The summed E-state index contributed by atoms with van der Waals surface area (Å²) in [6.45, 7) is 5.87. The fourth-order valence-electron chi connectivity index (χ4n) is 3.60. The van der Waals surface area contributed by atoms with Gasteiger partial charge in [0.05, 0.1) is 17.7 Å². The number of H-pyrrole nitrogens is 1. The maximum atomic E-state index is 5.85. The van der Waals surface area contributed by atoms with E-state index in [1.807, 2.05) is 67.5 Å². The van der Waals surface area contributed by atoms with Gasteiger partial charge in [0.15, 0.2) is 0 Å². The normalized spacial score (nSPS) is 14.6. The predicted molar refractivity (Wildman–Crippen MR) is 109 cm³/mol. The first-order valence-corrected chi connectivity index (χ1v) is 9.52. The van der Waals surface area contributed by atoms with Gasteiger partial charge in [0.25, 0.3) is 0 Å². The molecule has 0 saturated carbocycles. The first kappa shape index (κ1) is 16.8. The van der Waals surface area contributed by atoms with Crippen LogP contribution in [0.3, 0.4) is 0 Å². The van der Waals surface area contributed by atoms with E-state index >= 15 is 0 Å². The van der Waals surface area contributed by atoms with E-state index in [1.165, 1.54) is 0 Å². The second kappa shape index (κ2) is 6.67. The van der Waals surface area contributed by atoms with Gasteiger partial charge in [0.1, 0.15) is 17.3 Å². The number of ether oxygens (including phenoxy) is 1. The lowest BCUT2D eigenvalue weighted by atomic mass is 10.1. The van der Waals surface area contributed by atoms with Gasteiger partial charge >= 0.3 is 0 Å². The molecule has 0 atom stereocenters. The van der Waals surface area contributed by atoms with Crippen LogP contribution in [0.15, 0.2) is 55.0 Å². The van der Waals surface area contributed by atoms with Crippen molar-refractivity contribution in [2.75, 3.05) is 18.0 Å². The number of fused-ring (bicyclic) bond motifs is 1. The maximum Gasteiger partial charge on any atom is 0.129 e. The van der Waals surface area contributed by atoms with Crippen molar-refractivity contribution in [1.29, 1.82) is 0 Å². The summed E-state index contributed by atoms with van der Waals surface area (Å²) in [7, 11) is 0. The van der Waals surface area contributed by atoms with Crippen molar-refractivity contribution in [3.63, 3.8) is 0 Å². The predicted octanol–water partition coefficient (Wildman–Crippen LogP) is 3.67. The van der Waals surface area contributed by atoms with Crippen LogP contribution < -0.4 is 9.64 Å². The van der Waals surface area contributed by atoms with Crippen molar-refractivity contribution in [2.45, 2.75) is 26.0 Å². The lowest BCUT2D eigenvalue weighted by molar-refractivity contribution is 0.243. The Morgan fingerprint density at radius 3 is 2.82 bits per heavy atom. The molecule has 3 aromatic heterocycles. The minimum Gasteiger partial charge on any atom is -0.491 e. The third-order valence-corrected chi connectivity index (χ3v) is 5.01. The van der Waals surface area contributed by atoms with Gasteiger partial charge < -0.3 is 9.64 Å². The van der Waals surface area contributed by atoms with Crippen molar-refractivity contribution >= 4 is 16.7 Å². The number of nitrogens with one attached hydrogen (secondary N) is 1. The zero-order valence-electron chi connectivity index (χ0n) is 15.9. The maximum absolute atomic E-state index is 5.85. The minimum absolute atomic E-state index is 0.134. The highest BCUT2D eigenvalue weighted by Gasteiger charge is 2.29. The zero-order valence-corrected chi connectivity index (χ0v) is 15.9. The molecule has 1 N–H and O–H groups in total. The Balaban J connectivity index is 1.42. The van der Waals surface area contributed by atoms with E-state index in [9.17, 15) is 0 Å². The molecule has 4 heterocycles. The Bertz CT molecular complexity index is 1100. The molecule has 7 heteroatoms. The fourth-order valence-corrected chi connectivity index (χ4v) is 3.60. The second-order valence-corrected chi connectivity index (χ2v) is 7.39. The van der Waals surface area contributed by atoms with E-state index in [4.69, 9.17) is 4.74 Å². The van der Waals surface area contributed by atoms with Crippen molar-refractivity contribution in [2.24, 2.45) is 0 Å². The molecule has 1 fully saturated rings. The molecule has 1 aliphatic rings. The van der Waals surface area contributed by atoms with E-state index in [-0.39, 0.29) is 6.10 Å². The van der Waals surface area contributed by atoms with Crippen LogP contribution in [0.4, 0.5) is 5.82 Å². The minimum atomic E-state index is 0.134. The van der Waals surface area contributed by atoms with Crippen LogP contribution in [-0.2, 0) is 0 Å². The summed E-state index contributed by atoms with van der Waals surface area (Å²) in [5.74, 6) is 1.82. The molecule has 28 heavy (non-hydrogen) atoms. The lowest BCUT2D eigenvalue weighted by Gasteiger charge is -2.40. The van der Waals surface area contributed by atoms with Crippen molar-refractivity contribution in [3.8, 4) is 17.0 Å². The Labute approximate surface area is 163 Å². The summed E-state index contributed by atoms with van der Waals surface area (Å²) in [4.78, 5) is 6.82. The highest BCUT2D eigenvalue weighted by Crippen LogP contribution is 2.32. The van der Waals surface area contributed by atoms with Crippen LogP contribution in [0.5, 0.6) is 5.75 Å². The number of benzene rings is 1. The van der Waals surface area contributed by atoms with Crippen LogP contribution in [0.25, 0.3) is 22.2 Å². The lowest BCUT2D eigenvalue weighted by Crippen LogP contribution is -2.48. The Hall–Kier alpha value is -3.35. The molecule has 5 rings (SSSR count). The molecule has 4 aromatic rings. The molecule has 0 radical (unpaired) electrons. The Kier molecular flexibility index (Phi) is 4.00. The average molecular weight is 374 g/mol. The molecular weight excluding hydrogens is 352 g/mol. The first-order chi connectivity index (χ1) is 13.7. The standard InChI is InChI=1S/C21H22N6O/c1-14(2)28-17-4-5-19-18(11-17)21(25-24-19)15-6-8-22-20(10-15)26-12-16(13-26)27-9-3-7-23-27/h3-11,14,16H,12-13H2,1-2H3,(H,24,25).